The zero-order valence-electron chi connectivity index (χ0n) is 14.7. The smallest absolute Gasteiger partial charge is 0.252 e. The highest BCUT2D eigenvalue weighted by Crippen LogP contribution is 2.20. The van der Waals surface area contributed by atoms with Crippen LogP contribution in [0.4, 0.5) is 5.69 Å². The largest absolute Gasteiger partial charge is 0.370 e. The number of rotatable bonds is 7. The first-order chi connectivity index (χ1) is 12.2. The van der Waals surface area contributed by atoms with E-state index in [4.69, 9.17) is 5.14 Å². The number of likely N-dealkylation sites (N-methyl/N-ethyl adjacent to an activating group) is 1. The molecule has 0 aromatic heterocycles. The Balaban J connectivity index is 2.04. The first-order valence-corrected chi connectivity index (χ1v) is 10.5. The van der Waals surface area contributed by atoms with Gasteiger partial charge in [-0.15, -0.1) is 0 Å². The Bertz CT molecular complexity index is 900. The van der Waals surface area contributed by atoms with Crippen LogP contribution < -0.4 is 15.4 Å². The molecule has 0 bridgehead atoms. The van der Waals surface area contributed by atoms with E-state index in [9.17, 15) is 13.2 Å². The van der Waals surface area contributed by atoms with E-state index in [1.54, 1.807) is 0 Å². The third kappa shape index (κ3) is 5.30. The number of sulfonamides is 1. The topological polar surface area (TPSA) is 92.5 Å². The quantitative estimate of drug-likeness (QED) is 0.693. The van der Waals surface area contributed by atoms with Crippen molar-refractivity contribution in [1.82, 2.24) is 5.32 Å². The highest BCUT2D eigenvalue weighted by Gasteiger charge is 2.15. The predicted molar refractivity (Wildman–Crippen MR) is 107 cm³/mol. The minimum absolute atomic E-state index is 0.0965. The monoisotopic (exact) mass is 439 g/mol. The lowest BCUT2D eigenvalue weighted by atomic mass is 10.2. The summed E-state index contributed by atoms with van der Waals surface area (Å²) in [7, 11) is -3.86. The first-order valence-electron chi connectivity index (χ1n) is 8.14. The van der Waals surface area contributed by atoms with Gasteiger partial charge in [-0.1, -0.05) is 12.1 Å². The van der Waals surface area contributed by atoms with Gasteiger partial charge >= 0.3 is 0 Å². The van der Waals surface area contributed by atoms with Gasteiger partial charge in [-0.25, -0.2) is 13.6 Å². The second-order valence-corrected chi connectivity index (χ2v) is 8.28. The molecular weight excluding hydrogens is 418 g/mol. The van der Waals surface area contributed by atoms with Gasteiger partial charge < -0.3 is 10.2 Å². The number of aryl methyl sites for hydroxylation is 1. The molecule has 8 heteroatoms. The normalized spacial score (nSPS) is 11.2. The predicted octanol–water partition coefficient (Wildman–Crippen LogP) is 2.66. The lowest BCUT2D eigenvalue weighted by Crippen LogP contribution is -2.35. The number of anilines is 1. The fraction of sp³-hybridized carbons (Fsp3) is 0.278. The van der Waals surface area contributed by atoms with Crippen LogP contribution in [0.1, 0.15) is 22.8 Å². The maximum Gasteiger partial charge on any atom is 0.252 e. The van der Waals surface area contributed by atoms with Crippen molar-refractivity contribution in [2.75, 3.05) is 24.5 Å². The lowest BCUT2D eigenvalue weighted by Gasteiger charge is -2.23. The van der Waals surface area contributed by atoms with Crippen molar-refractivity contribution in [3.8, 4) is 0 Å². The summed E-state index contributed by atoms with van der Waals surface area (Å²) in [4.78, 5) is 14.5. The minimum atomic E-state index is -3.86. The van der Waals surface area contributed by atoms with Crippen LogP contribution in [0.15, 0.2) is 51.8 Å². The van der Waals surface area contributed by atoms with Gasteiger partial charge in [0.1, 0.15) is 0 Å². The van der Waals surface area contributed by atoms with Gasteiger partial charge in [0.05, 0.1) is 10.5 Å². The SMILES string of the molecule is CCN(CCNC(=O)c1cc(S(N)(=O)=O)ccc1Br)c1cccc(C)c1. The third-order valence-corrected chi connectivity index (χ3v) is 5.53. The van der Waals surface area contributed by atoms with Gasteiger partial charge in [0.15, 0.2) is 0 Å². The van der Waals surface area contributed by atoms with Crippen molar-refractivity contribution in [3.63, 3.8) is 0 Å². The Hall–Kier alpha value is -1.90. The number of hydrogen-bond acceptors (Lipinski definition) is 4. The summed E-state index contributed by atoms with van der Waals surface area (Å²) in [5.74, 6) is -0.359. The van der Waals surface area contributed by atoms with Crippen molar-refractivity contribution < 1.29 is 13.2 Å². The van der Waals surface area contributed by atoms with Crippen LogP contribution in [0.2, 0.25) is 0 Å². The van der Waals surface area contributed by atoms with Gasteiger partial charge in [0, 0.05) is 29.8 Å². The average Bonchev–Trinajstić information content (AvgIpc) is 2.58. The molecule has 0 aliphatic carbocycles. The van der Waals surface area contributed by atoms with Crippen LogP contribution in [-0.4, -0.2) is 34.0 Å². The van der Waals surface area contributed by atoms with E-state index < -0.39 is 10.0 Å². The summed E-state index contributed by atoms with van der Waals surface area (Å²) in [6.07, 6.45) is 0. The van der Waals surface area contributed by atoms with Gasteiger partial charge in [-0.3, -0.25) is 4.79 Å². The summed E-state index contributed by atoms with van der Waals surface area (Å²) >= 11 is 3.27. The number of benzene rings is 2. The van der Waals surface area contributed by atoms with Crippen molar-refractivity contribution in [1.29, 1.82) is 0 Å². The third-order valence-electron chi connectivity index (χ3n) is 3.93. The number of hydrogen-bond donors (Lipinski definition) is 2. The molecule has 26 heavy (non-hydrogen) atoms. The van der Waals surface area contributed by atoms with Crippen molar-refractivity contribution >= 4 is 37.5 Å². The Morgan fingerprint density at radius 1 is 1.23 bits per heavy atom. The van der Waals surface area contributed by atoms with E-state index in [1.165, 1.54) is 23.8 Å². The zero-order chi connectivity index (χ0) is 19.3. The number of halogens is 1. The molecule has 2 aromatic carbocycles. The molecular formula is C18H22BrN3O3S. The number of nitrogens with zero attached hydrogens (tertiary/aromatic N) is 1. The minimum Gasteiger partial charge on any atom is -0.370 e. The van der Waals surface area contributed by atoms with E-state index in [1.807, 2.05) is 25.1 Å². The Morgan fingerprint density at radius 2 is 1.96 bits per heavy atom. The molecule has 6 nitrogen and oxygen atoms in total. The Kier molecular flexibility index (Phi) is 6.80. The first kappa shape index (κ1) is 20.4. The van der Waals surface area contributed by atoms with Crippen molar-refractivity contribution in [3.05, 3.63) is 58.1 Å². The summed E-state index contributed by atoms with van der Waals surface area (Å²) in [5, 5.41) is 7.95. The molecule has 0 saturated carbocycles. The summed E-state index contributed by atoms with van der Waals surface area (Å²) in [5.41, 5.74) is 2.50. The molecule has 0 heterocycles. The summed E-state index contributed by atoms with van der Waals surface area (Å²) in [6, 6.07) is 12.3. The molecule has 140 valence electrons. The van der Waals surface area contributed by atoms with E-state index in [0.717, 1.165) is 12.2 Å². The highest BCUT2D eigenvalue weighted by molar-refractivity contribution is 9.10. The summed E-state index contributed by atoms with van der Waals surface area (Å²) < 4.78 is 23.4. The maximum atomic E-state index is 12.4. The second kappa shape index (κ2) is 8.66. The molecule has 0 unspecified atom stereocenters. The molecule has 2 aromatic rings. The standard InChI is InChI=1S/C18H22BrN3O3S/c1-3-22(14-6-4-5-13(2)11-14)10-9-21-18(23)16-12-15(26(20,24)25)7-8-17(16)19/h4-8,11-12H,3,9-10H2,1-2H3,(H,21,23)(H2,20,24,25). The van der Waals surface area contributed by atoms with E-state index >= 15 is 0 Å². The molecule has 1 amide bonds. The van der Waals surface area contributed by atoms with E-state index in [-0.39, 0.29) is 16.4 Å². The number of carbonyl (C=O) groups excluding carboxylic acids is 1. The van der Waals surface area contributed by atoms with E-state index in [0.29, 0.717) is 17.6 Å². The zero-order valence-corrected chi connectivity index (χ0v) is 17.1. The van der Waals surface area contributed by atoms with Crippen LogP contribution in [-0.2, 0) is 10.0 Å². The number of carbonyl (C=O) groups is 1. The maximum absolute atomic E-state index is 12.4. The number of primary sulfonamides is 1. The Labute approximate surface area is 162 Å². The molecule has 0 radical (unpaired) electrons. The molecule has 0 spiro atoms. The van der Waals surface area contributed by atoms with Crippen LogP contribution >= 0.6 is 15.9 Å². The molecule has 0 aliphatic rings. The summed E-state index contributed by atoms with van der Waals surface area (Å²) in [6.45, 7) is 5.96. The fourth-order valence-electron chi connectivity index (χ4n) is 2.55. The van der Waals surface area contributed by atoms with Gasteiger partial charge in [0.2, 0.25) is 10.0 Å². The van der Waals surface area contributed by atoms with Crippen molar-refractivity contribution in [2.45, 2.75) is 18.7 Å². The molecule has 0 saturated heterocycles. The highest BCUT2D eigenvalue weighted by atomic mass is 79.9. The van der Waals surface area contributed by atoms with Gasteiger partial charge in [-0.05, 0) is 65.7 Å². The Morgan fingerprint density at radius 3 is 2.58 bits per heavy atom. The van der Waals surface area contributed by atoms with Gasteiger partial charge in [-0.2, -0.15) is 0 Å². The number of amides is 1. The molecule has 3 N–H and O–H groups in total. The van der Waals surface area contributed by atoms with Crippen molar-refractivity contribution in [2.24, 2.45) is 5.14 Å². The van der Waals surface area contributed by atoms with Crippen LogP contribution in [0, 0.1) is 6.92 Å². The van der Waals surface area contributed by atoms with Crippen LogP contribution in [0.25, 0.3) is 0 Å². The van der Waals surface area contributed by atoms with Gasteiger partial charge in [0.25, 0.3) is 5.91 Å². The number of nitrogens with two attached hydrogens (primary N) is 1. The molecule has 0 atom stereocenters. The molecule has 0 aliphatic heterocycles. The van der Waals surface area contributed by atoms with Crippen LogP contribution in [0.3, 0.4) is 0 Å². The molecule has 2 rings (SSSR count). The fourth-order valence-corrected chi connectivity index (χ4v) is 3.52. The van der Waals surface area contributed by atoms with E-state index in [2.05, 4.69) is 39.1 Å². The average molecular weight is 440 g/mol. The lowest BCUT2D eigenvalue weighted by molar-refractivity contribution is 0.0953. The number of nitrogens with one attached hydrogen (secondary N) is 1. The van der Waals surface area contributed by atoms with Crippen LogP contribution in [0.5, 0.6) is 0 Å². The molecule has 0 fully saturated rings. The second-order valence-electron chi connectivity index (χ2n) is 5.86.